The van der Waals surface area contributed by atoms with Crippen LogP contribution in [0.15, 0.2) is 0 Å². The van der Waals surface area contributed by atoms with Crippen molar-refractivity contribution in [2.24, 2.45) is 11.8 Å². The summed E-state index contributed by atoms with van der Waals surface area (Å²) >= 11 is 0. The van der Waals surface area contributed by atoms with E-state index in [2.05, 4.69) is 5.32 Å². The maximum Gasteiger partial charge on any atom is 0.309 e. The molecule has 0 radical (unpaired) electrons. The zero-order chi connectivity index (χ0) is 19.6. The molecule has 1 aliphatic carbocycles. The van der Waals surface area contributed by atoms with Gasteiger partial charge in [-0.2, -0.15) is 0 Å². The van der Waals surface area contributed by atoms with Gasteiger partial charge >= 0.3 is 5.97 Å². The number of ether oxygens (including phenoxy) is 1. The van der Waals surface area contributed by atoms with Crippen LogP contribution in [0.5, 0.6) is 0 Å². The summed E-state index contributed by atoms with van der Waals surface area (Å²) in [5, 5.41) is 2.97. The molecule has 0 bridgehead atoms. The Balaban J connectivity index is 1.79. The first kappa shape index (κ1) is 21.7. The average Bonchev–Trinajstić information content (AvgIpc) is 3.19. The topological polar surface area (TPSA) is 75.7 Å². The number of piperidine rings is 1. The van der Waals surface area contributed by atoms with Crippen molar-refractivity contribution in [3.05, 3.63) is 0 Å². The number of nitrogens with zero attached hydrogens (tertiary/aromatic N) is 1. The molecule has 2 rings (SSSR count). The summed E-state index contributed by atoms with van der Waals surface area (Å²) in [6.45, 7) is 5.34. The standard InChI is InChI=1S/C21H36N2O4/c1-3-7-18(22-19(24)11-10-16-8-5-6-9-16)20(25)23-14-12-17(13-15-23)21(26)27-4-2/h16-18H,3-15H2,1-2H3,(H,22,24). The molecule has 1 atom stereocenters. The number of esters is 1. The lowest BCUT2D eigenvalue weighted by Crippen LogP contribution is -2.51. The van der Waals surface area contributed by atoms with E-state index < -0.39 is 6.04 Å². The fourth-order valence-corrected chi connectivity index (χ4v) is 4.26. The summed E-state index contributed by atoms with van der Waals surface area (Å²) in [4.78, 5) is 38.9. The van der Waals surface area contributed by atoms with E-state index >= 15 is 0 Å². The van der Waals surface area contributed by atoms with Crippen molar-refractivity contribution in [2.75, 3.05) is 19.7 Å². The first-order chi connectivity index (χ1) is 13.0. The van der Waals surface area contributed by atoms with E-state index in [9.17, 15) is 14.4 Å². The summed E-state index contributed by atoms with van der Waals surface area (Å²) in [6, 6.07) is -0.440. The third-order valence-corrected chi connectivity index (χ3v) is 5.89. The Labute approximate surface area is 163 Å². The number of likely N-dealkylation sites (tertiary alicyclic amines) is 1. The Bertz CT molecular complexity index is 494. The van der Waals surface area contributed by atoms with Gasteiger partial charge in [0.15, 0.2) is 0 Å². The van der Waals surface area contributed by atoms with Gasteiger partial charge in [0.25, 0.3) is 0 Å². The van der Waals surface area contributed by atoms with Crippen LogP contribution in [-0.4, -0.2) is 48.4 Å². The quantitative estimate of drug-likeness (QED) is 0.624. The number of carbonyl (C=O) groups excluding carboxylic acids is 3. The predicted molar refractivity (Wildman–Crippen MR) is 104 cm³/mol. The summed E-state index contributed by atoms with van der Waals surface area (Å²) in [7, 11) is 0. The van der Waals surface area contributed by atoms with Crippen molar-refractivity contribution < 1.29 is 19.1 Å². The van der Waals surface area contributed by atoms with Crippen LogP contribution >= 0.6 is 0 Å². The number of amides is 2. The molecule has 0 spiro atoms. The molecule has 27 heavy (non-hydrogen) atoms. The van der Waals surface area contributed by atoms with E-state index in [1.54, 1.807) is 11.8 Å². The van der Waals surface area contributed by atoms with E-state index in [-0.39, 0.29) is 23.7 Å². The predicted octanol–water partition coefficient (Wildman–Crippen LogP) is 3.04. The SMILES string of the molecule is CCCC(NC(=O)CCC1CCCC1)C(=O)N1CCC(C(=O)OCC)CC1. The molecule has 1 aliphatic heterocycles. The summed E-state index contributed by atoms with van der Waals surface area (Å²) in [6.07, 6.45) is 9.27. The molecular weight excluding hydrogens is 344 g/mol. The van der Waals surface area contributed by atoms with Crippen molar-refractivity contribution in [3.8, 4) is 0 Å². The molecule has 0 aromatic rings. The normalized spacial score (nSPS) is 19.7. The van der Waals surface area contributed by atoms with Gasteiger partial charge in [0.1, 0.15) is 6.04 Å². The fourth-order valence-electron chi connectivity index (χ4n) is 4.26. The minimum absolute atomic E-state index is 0.00453. The second-order valence-corrected chi connectivity index (χ2v) is 7.95. The van der Waals surface area contributed by atoms with Gasteiger partial charge in [0, 0.05) is 19.5 Å². The molecule has 1 heterocycles. The lowest BCUT2D eigenvalue weighted by atomic mass is 9.96. The summed E-state index contributed by atoms with van der Waals surface area (Å²) in [5.74, 6) is 0.399. The van der Waals surface area contributed by atoms with Gasteiger partial charge in [-0.15, -0.1) is 0 Å². The Kier molecular flexibility index (Phi) is 9.08. The van der Waals surface area contributed by atoms with Gasteiger partial charge in [-0.1, -0.05) is 39.0 Å². The Morgan fingerprint density at radius 2 is 1.74 bits per heavy atom. The lowest BCUT2D eigenvalue weighted by Gasteiger charge is -2.33. The van der Waals surface area contributed by atoms with Gasteiger partial charge in [-0.05, 0) is 38.5 Å². The van der Waals surface area contributed by atoms with Crippen molar-refractivity contribution in [1.82, 2.24) is 10.2 Å². The van der Waals surface area contributed by atoms with Crippen molar-refractivity contribution in [3.63, 3.8) is 0 Å². The van der Waals surface area contributed by atoms with E-state index in [0.29, 0.717) is 51.3 Å². The Morgan fingerprint density at radius 1 is 1.07 bits per heavy atom. The zero-order valence-electron chi connectivity index (χ0n) is 17.0. The Hall–Kier alpha value is -1.59. The van der Waals surface area contributed by atoms with Gasteiger partial charge in [-0.25, -0.2) is 0 Å². The lowest BCUT2D eigenvalue weighted by molar-refractivity contribution is -0.151. The number of hydrogen-bond donors (Lipinski definition) is 1. The minimum Gasteiger partial charge on any atom is -0.466 e. The molecule has 2 amide bonds. The van der Waals surface area contributed by atoms with Crippen LogP contribution in [-0.2, 0) is 19.1 Å². The molecule has 2 fully saturated rings. The van der Waals surface area contributed by atoms with E-state index in [4.69, 9.17) is 4.74 Å². The molecule has 0 aromatic heterocycles. The number of hydrogen-bond acceptors (Lipinski definition) is 4. The van der Waals surface area contributed by atoms with Crippen LogP contribution in [0.1, 0.15) is 78.1 Å². The molecule has 154 valence electrons. The molecule has 1 unspecified atom stereocenters. The van der Waals surface area contributed by atoms with Gasteiger partial charge in [0.2, 0.25) is 11.8 Å². The van der Waals surface area contributed by atoms with Crippen LogP contribution in [0.4, 0.5) is 0 Å². The third kappa shape index (κ3) is 6.82. The first-order valence-electron chi connectivity index (χ1n) is 10.8. The van der Waals surface area contributed by atoms with Gasteiger partial charge < -0.3 is 15.0 Å². The largest absolute Gasteiger partial charge is 0.466 e. The smallest absolute Gasteiger partial charge is 0.309 e. The molecule has 6 heteroatoms. The molecule has 1 N–H and O–H groups in total. The molecule has 6 nitrogen and oxygen atoms in total. The highest BCUT2D eigenvalue weighted by molar-refractivity contribution is 5.87. The average molecular weight is 381 g/mol. The van der Waals surface area contributed by atoms with Crippen LogP contribution in [0, 0.1) is 11.8 Å². The highest BCUT2D eigenvalue weighted by atomic mass is 16.5. The molecular formula is C21H36N2O4. The zero-order valence-corrected chi connectivity index (χ0v) is 17.0. The number of nitrogens with one attached hydrogen (secondary N) is 1. The molecule has 1 saturated carbocycles. The first-order valence-corrected chi connectivity index (χ1v) is 10.8. The minimum atomic E-state index is -0.440. The third-order valence-electron chi connectivity index (χ3n) is 5.89. The molecule has 0 aromatic carbocycles. The second kappa shape index (κ2) is 11.3. The van der Waals surface area contributed by atoms with E-state index in [0.717, 1.165) is 12.8 Å². The maximum atomic E-state index is 12.9. The highest BCUT2D eigenvalue weighted by Gasteiger charge is 2.31. The Morgan fingerprint density at radius 3 is 2.33 bits per heavy atom. The van der Waals surface area contributed by atoms with Gasteiger partial charge in [0.05, 0.1) is 12.5 Å². The van der Waals surface area contributed by atoms with Crippen molar-refractivity contribution >= 4 is 17.8 Å². The molecule has 1 saturated heterocycles. The van der Waals surface area contributed by atoms with E-state index in [1.165, 1.54) is 25.7 Å². The van der Waals surface area contributed by atoms with Crippen LogP contribution < -0.4 is 5.32 Å². The maximum absolute atomic E-state index is 12.9. The monoisotopic (exact) mass is 380 g/mol. The van der Waals surface area contributed by atoms with Crippen molar-refractivity contribution in [2.45, 2.75) is 84.1 Å². The van der Waals surface area contributed by atoms with Crippen LogP contribution in [0.2, 0.25) is 0 Å². The van der Waals surface area contributed by atoms with Crippen molar-refractivity contribution in [1.29, 1.82) is 0 Å². The summed E-state index contributed by atoms with van der Waals surface area (Å²) < 4.78 is 5.09. The second-order valence-electron chi connectivity index (χ2n) is 7.95. The van der Waals surface area contributed by atoms with E-state index in [1.807, 2.05) is 6.92 Å². The number of carbonyl (C=O) groups is 3. The van der Waals surface area contributed by atoms with Crippen LogP contribution in [0.3, 0.4) is 0 Å². The number of rotatable bonds is 9. The van der Waals surface area contributed by atoms with Crippen LogP contribution in [0.25, 0.3) is 0 Å². The highest BCUT2D eigenvalue weighted by Crippen LogP contribution is 2.28. The summed E-state index contributed by atoms with van der Waals surface area (Å²) in [5.41, 5.74) is 0. The molecule has 2 aliphatic rings. The van der Waals surface area contributed by atoms with Gasteiger partial charge in [-0.3, -0.25) is 14.4 Å². The fraction of sp³-hybridized carbons (Fsp3) is 0.857.